The zero-order chi connectivity index (χ0) is 41.2. The smallest absolute Gasteiger partial charge is 0.331 e. The van der Waals surface area contributed by atoms with Gasteiger partial charge in [0.05, 0.1) is 35.1 Å². The number of imide groups is 1. The molecule has 1 aromatic carbocycles. The van der Waals surface area contributed by atoms with E-state index in [4.69, 9.17) is 12.2 Å². The standard InChI is InChI=1S/C40H50F3N9O4S/c1-25-22-48(23-26(2)50(25)24-35(54)46-33-20-30(14-16-45-33)49-18-15-34(53)47-37(49)56)17-6-5-7-27-8-11-29(12-9-27)52-38(57)51(36(55)39(52,3)4)31-13-10-28(21-44)32(19-31)40(41,42)43/h10,13-14,16,19-20,25-27,29H,5-9,11-12,15,17-18,22-24H2,1-4H3,(H,45,46,54)(H,47,53,56)/t25-,26+,27?,29?. The predicted molar refractivity (Wildman–Crippen MR) is 212 cm³/mol. The summed E-state index contributed by atoms with van der Waals surface area (Å²) in [5, 5.41) is 14.6. The normalized spacial score (nSPS) is 24.8. The molecule has 5 amide bonds. The summed E-state index contributed by atoms with van der Waals surface area (Å²) in [6.07, 6.45) is 3.84. The number of hydrogen-bond acceptors (Lipinski definition) is 9. The molecule has 13 nitrogen and oxygen atoms in total. The Kier molecular flexibility index (Phi) is 12.6. The van der Waals surface area contributed by atoms with Gasteiger partial charge in [0.1, 0.15) is 11.4 Å². The summed E-state index contributed by atoms with van der Waals surface area (Å²) < 4.78 is 41.2. The number of carbonyl (C=O) groups is 4. The fourth-order valence-electron chi connectivity index (χ4n) is 8.89. The largest absolute Gasteiger partial charge is 0.417 e. The molecule has 2 N–H and O–H groups in total. The van der Waals surface area contributed by atoms with Gasteiger partial charge in [0.25, 0.3) is 5.91 Å². The van der Waals surface area contributed by atoms with Gasteiger partial charge in [-0.1, -0.05) is 12.8 Å². The lowest BCUT2D eigenvalue weighted by Gasteiger charge is -2.44. The first-order valence-corrected chi connectivity index (χ1v) is 20.0. The van der Waals surface area contributed by atoms with Gasteiger partial charge in [-0.05, 0) is 109 Å². The van der Waals surface area contributed by atoms with E-state index in [9.17, 15) is 37.6 Å². The number of nitrogens with zero attached hydrogens (tertiary/aromatic N) is 7. The van der Waals surface area contributed by atoms with Crippen LogP contribution in [0.3, 0.4) is 0 Å². The van der Waals surface area contributed by atoms with Crippen molar-refractivity contribution in [2.45, 2.75) is 109 Å². The second-order valence-electron chi connectivity index (χ2n) is 16.2. The molecule has 17 heteroatoms. The van der Waals surface area contributed by atoms with Crippen LogP contribution in [0.4, 0.5) is 35.2 Å². The number of pyridine rings is 1. The molecule has 1 saturated carbocycles. The molecule has 2 aromatic rings. The molecule has 0 bridgehead atoms. The van der Waals surface area contributed by atoms with Crippen LogP contribution in [-0.2, 0) is 20.6 Å². The van der Waals surface area contributed by atoms with E-state index in [0.717, 1.165) is 76.7 Å². The first-order valence-electron chi connectivity index (χ1n) is 19.6. The Morgan fingerprint density at radius 1 is 1.04 bits per heavy atom. The van der Waals surface area contributed by atoms with E-state index in [-0.39, 0.29) is 66.2 Å². The second kappa shape index (κ2) is 17.1. The van der Waals surface area contributed by atoms with Crippen molar-refractivity contribution < 1.29 is 32.3 Å². The van der Waals surface area contributed by atoms with Crippen LogP contribution in [0.2, 0.25) is 0 Å². The van der Waals surface area contributed by atoms with Crippen LogP contribution in [0.1, 0.15) is 90.2 Å². The lowest BCUT2D eigenvalue weighted by Crippen LogP contribution is -2.58. The van der Waals surface area contributed by atoms with E-state index in [0.29, 0.717) is 17.4 Å². The van der Waals surface area contributed by atoms with E-state index >= 15 is 0 Å². The van der Waals surface area contributed by atoms with Crippen molar-refractivity contribution in [1.82, 2.24) is 25.0 Å². The van der Waals surface area contributed by atoms with Gasteiger partial charge in [-0.3, -0.25) is 34.4 Å². The number of piperazine rings is 1. The Morgan fingerprint density at radius 2 is 1.74 bits per heavy atom. The van der Waals surface area contributed by atoms with Crippen molar-refractivity contribution in [2.75, 3.05) is 47.8 Å². The number of amides is 5. The lowest BCUT2D eigenvalue weighted by molar-refractivity contribution is -0.137. The number of carbonyl (C=O) groups excluding carboxylic acids is 4. The Balaban J connectivity index is 0.929. The highest BCUT2D eigenvalue weighted by Crippen LogP contribution is 2.41. The number of aromatic nitrogens is 1. The van der Waals surface area contributed by atoms with Crippen molar-refractivity contribution >= 4 is 58.3 Å². The first kappa shape index (κ1) is 42.0. The van der Waals surface area contributed by atoms with Gasteiger partial charge in [-0.15, -0.1) is 0 Å². The fourth-order valence-corrected chi connectivity index (χ4v) is 9.45. The summed E-state index contributed by atoms with van der Waals surface area (Å²) in [4.78, 5) is 64.0. The molecule has 4 aliphatic rings. The molecule has 4 fully saturated rings. The molecule has 306 valence electrons. The van der Waals surface area contributed by atoms with Gasteiger partial charge in [-0.25, -0.2) is 9.78 Å². The molecule has 0 radical (unpaired) electrons. The Hall–Kier alpha value is -4.66. The van der Waals surface area contributed by atoms with E-state index in [1.165, 1.54) is 22.1 Å². The topological polar surface area (TPSA) is 145 Å². The molecule has 1 aromatic heterocycles. The number of nitrogens with one attached hydrogen (secondary N) is 2. The highest BCUT2D eigenvalue weighted by atomic mass is 32.1. The van der Waals surface area contributed by atoms with Gasteiger partial charge in [0.15, 0.2) is 5.11 Å². The maximum absolute atomic E-state index is 13.7. The number of unbranched alkanes of at least 4 members (excludes halogenated alkanes) is 1. The van der Waals surface area contributed by atoms with Crippen LogP contribution in [0.25, 0.3) is 0 Å². The van der Waals surface area contributed by atoms with Gasteiger partial charge in [-0.2, -0.15) is 18.4 Å². The number of anilines is 3. The molecule has 6 rings (SSSR count). The summed E-state index contributed by atoms with van der Waals surface area (Å²) in [6.45, 7) is 10.9. The number of alkyl halides is 3. The van der Waals surface area contributed by atoms with Crippen LogP contribution in [0, 0.1) is 17.2 Å². The second-order valence-corrected chi connectivity index (χ2v) is 16.6. The van der Waals surface area contributed by atoms with Crippen molar-refractivity contribution in [1.29, 1.82) is 5.26 Å². The summed E-state index contributed by atoms with van der Waals surface area (Å²) in [5.41, 5.74) is -2.06. The Labute approximate surface area is 336 Å². The Morgan fingerprint density at radius 3 is 2.39 bits per heavy atom. The van der Waals surface area contributed by atoms with Crippen molar-refractivity contribution in [2.24, 2.45) is 5.92 Å². The summed E-state index contributed by atoms with van der Waals surface area (Å²) in [7, 11) is 0. The number of hydrogen-bond donors (Lipinski definition) is 2. The summed E-state index contributed by atoms with van der Waals surface area (Å²) in [5.74, 6) is -0.00558. The van der Waals surface area contributed by atoms with E-state index < -0.39 is 28.9 Å². The third kappa shape index (κ3) is 9.23. The average Bonchev–Trinajstić information content (AvgIpc) is 3.33. The number of thiocarbonyl (C=S) groups is 1. The van der Waals surface area contributed by atoms with Crippen molar-refractivity contribution in [3.63, 3.8) is 0 Å². The van der Waals surface area contributed by atoms with Gasteiger partial charge in [0.2, 0.25) is 11.8 Å². The van der Waals surface area contributed by atoms with Gasteiger partial charge >= 0.3 is 12.2 Å². The number of nitriles is 1. The maximum atomic E-state index is 13.7. The SMILES string of the molecule is C[C@@H]1CN(CCCCC2CCC(N3C(=S)N(c4ccc(C#N)c(C(F)(F)F)c4)C(=O)C3(C)C)CC2)C[C@H](C)N1CC(=O)Nc1cc(N2CCC(=O)NC2=O)ccn1. The minimum absolute atomic E-state index is 0.00297. The predicted octanol–water partition coefficient (Wildman–Crippen LogP) is 5.89. The minimum Gasteiger partial charge on any atom is -0.331 e. The highest BCUT2D eigenvalue weighted by Gasteiger charge is 2.52. The van der Waals surface area contributed by atoms with Gasteiger partial charge in [0, 0.05) is 56.4 Å². The monoisotopic (exact) mass is 809 g/mol. The highest BCUT2D eigenvalue weighted by molar-refractivity contribution is 7.80. The molecule has 4 heterocycles. The third-order valence-electron chi connectivity index (χ3n) is 11.8. The average molecular weight is 810 g/mol. The molecule has 3 saturated heterocycles. The summed E-state index contributed by atoms with van der Waals surface area (Å²) >= 11 is 5.76. The minimum atomic E-state index is -4.75. The number of rotatable bonds is 11. The third-order valence-corrected chi connectivity index (χ3v) is 12.2. The van der Waals surface area contributed by atoms with Gasteiger partial charge < -0.3 is 15.1 Å². The lowest BCUT2D eigenvalue weighted by atomic mass is 9.81. The molecule has 0 spiro atoms. The van der Waals surface area contributed by atoms with E-state index in [1.807, 2.05) is 4.90 Å². The molecule has 0 unspecified atom stereocenters. The fraction of sp³-hybridized carbons (Fsp3) is 0.575. The number of urea groups is 1. The van der Waals surface area contributed by atoms with Crippen LogP contribution in [0.5, 0.6) is 0 Å². The van der Waals surface area contributed by atoms with Crippen LogP contribution in [-0.4, -0.2) is 105 Å². The molecular weight excluding hydrogens is 760 g/mol. The first-order chi connectivity index (χ1) is 27.0. The molecule has 57 heavy (non-hydrogen) atoms. The molecule has 1 aliphatic carbocycles. The van der Waals surface area contributed by atoms with Crippen molar-refractivity contribution in [3.05, 3.63) is 47.7 Å². The zero-order valence-corrected chi connectivity index (χ0v) is 33.6. The quantitative estimate of drug-likeness (QED) is 0.208. The van der Waals surface area contributed by atoms with Crippen molar-refractivity contribution in [3.8, 4) is 6.07 Å². The van der Waals surface area contributed by atoms with Crippen LogP contribution in [0.15, 0.2) is 36.5 Å². The number of benzene rings is 1. The van der Waals surface area contributed by atoms with E-state index in [2.05, 4.69) is 39.3 Å². The summed E-state index contributed by atoms with van der Waals surface area (Å²) in [6, 6.07) is 7.98. The van der Waals surface area contributed by atoms with E-state index in [1.54, 1.807) is 32.0 Å². The zero-order valence-electron chi connectivity index (χ0n) is 32.8. The molecule has 3 aliphatic heterocycles. The van der Waals surface area contributed by atoms with Crippen LogP contribution < -0.4 is 20.4 Å². The number of halogens is 3. The molecular formula is C40H50F3N9O4S. The maximum Gasteiger partial charge on any atom is 0.417 e. The van der Waals surface area contributed by atoms with Crippen LogP contribution >= 0.6 is 12.2 Å². The Bertz CT molecular complexity index is 1920. The molecule has 2 atom stereocenters.